The van der Waals surface area contributed by atoms with E-state index in [1.807, 2.05) is 0 Å². The zero-order valence-electron chi connectivity index (χ0n) is 42.0. The number of aryl methyl sites for hydroxylation is 1. The Balaban J connectivity index is 1.00. The molecular weight excluding hydrogens is 949 g/mol. The number of anilines is 2. The summed E-state index contributed by atoms with van der Waals surface area (Å²) in [4.78, 5) is 2.86. The summed E-state index contributed by atoms with van der Waals surface area (Å²) < 4.78 is 8.57. The molecule has 1 fully saturated rings. The van der Waals surface area contributed by atoms with Crippen LogP contribution in [0.3, 0.4) is 0 Å². The molecule has 358 valence electrons. The van der Waals surface area contributed by atoms with Gasteiger partial charge >= 0.3 is 441 Å². The molecule has 0 amide bonds. The van der Waals surface area contributed by atoms with E-state index in [4.69, 9.17) is 0 Å². The number of para-hydroxylation sites is 2. The van der Waals surface area contributed by atoms with E-state index in [0.717, 1.165) is 6.42 Å². The van der Waals surface area contributed by atoms with Gasteiger partial charge in [-0.05, 0) is 0 Å². The molecule has 0 bridgehead atoms. The molecule has 7 aromatic carbocycles. The van der Waals surface area contributed by atoms with Crippen LogP contribution in [0.2, 0.25) is 0 Å². The van der Waals surface area contributed by atoms with Crippen molar-refractivity contribution in [3.05, 3.63) is 219 Å². The van der Waals surface area contributed by atoms with Crippen LogP contribution in [0.15, 0.2) is 158 Å². The van der Waals surface area contributed by atoms with Crippen molar-refractivity contribution in [2.24, 2.45) is 0 Å². The van der Waals surface area contributed by atoms with Crippen molar-refractivity contribution < 1.29 is 0 Å². The fourth-order valence-corrected chi connectivity index (χ4v) is 18.9. The third-order valence-electron chi connectivity index (χ3n) is 19.2. The van der Waals surface area contributed by atoms with Crippen LogP contribution in [-0.4, -0.2) is 36.8 Å². The first-order valence-electron chi connectivity index (χ1n) is 28.2. The van der Waals surface area contributed by atoms with Crippen molar-refractivity contribution in [3.8, 4) is 11.4 Å². The van der Waals surface area contributed by atoms with E-state index in [2.05, 4.69) is 172 Å². The van der Waals surface area contributed by atoms with Gasteiger partial charge in [-0.2, -0.15) is 0 Å². The molecule has 5 heterocycles. The number of rotatable bonds is 5. The number of hydrogen-bond donors (Lipinski definition) is 0. The first kappa shape index (κ1) is 43.2. The second kappa shape index (κ2) is 16.9. The monoisotopic (exact) mass is 1010 g/mol. The van der Waals surface area contributed by atoms with Gasteiger partial charge in [0.2, 0.25) is 0 Å². The van der Waals surface area contributed by atoms with E-state index in [1.165, 1.54) is 180 Å². The summed E-state index contributed by atoms with van der Waals surface area (Å²) in [7, 11) is 0. The van der Waals surface area contributed by atoms with Gasteiger partial charge in [-0.3, -0.25) is 0 Å². The van der Waals surface area contributed by atoms with Crippen molar-refractivity contribution in [2.75, 3.05) is 4.90 Å². The minimum atomic E-state index is -0.559. The first-order valence-corrected chi connectivity index (χ1v) is 30.0. The van der Waals surface area contributed by atoms with Crippen molar-refractivity contribution in [1.82, 2.24) is 9.13 Å². The van der Waals surface area contributed by atoms with Crippen LogP contribution in [0.25, 0.3) is 22.3 Å². The second-order valence-corrected chi connectivity index (χ2v) is 25.0. The molecule has 16 rings (SSSR count). The molecule has 3 aliphatic heterocycles. The Morgan fingerprint density at radius 2 is 1.04 bits per heavy atom. The SMILES string of the molecule is c1ccc(C2(c3ccccc3)c3cc(-n4c5c(c6c4CCCC6)CCCC5)ccc3B3c4ccc(-n5c6c(c7ccccc75)CCCC6)cc4[Se]c4cc(N5c6ccccc6C6CCCCCC65)cc2c43)cc1. The van der Waals surface area contributed by atoms with E-state index in [1.54, 1.807) is 43.6 Å². The van der Waals surface area contributed by atoms with Gasteiger partial charge in [0.25, 0.3) is 0 Å². The zero-order valence-corrected chi connectivity index (χ0v) is 43.7. The fourth-order valence-electron chi connectivity index (χ4n) is 16.3. The summed E-state index contributed by atoms with van der Waals surface area (Å²) in [6, 6.07) is 63.9. The van der Waals surface area contributed by atoms with Gasteiger partial charge < -0.3 is 0 Å². The topological polar surface area (TPSA) is 13.1 Å². The van der Waals surface area contributed by atoms with Crippen molar-refractivity contribution in [1.29, 1.82) is 0 Å². The van der Waals surface area contributed by atoms with E-state index >= 15 is 0 Å². The minimum absolute atomic E-state index is 0.0624. The normalized spacial score (nSPS) is 19.9. The third kappa shape index (κ3) is 6.25. The molecule has 5 heteroatoms. The molecule has 1 saturated carbocycles. The Kier molecular flexibility index (Phi) is 9.99. The Bertz CT molecular complexity index is 3620. The van der Waals surface area contributed by atoms with E-state index in [0.29, 0.717) is 12.0 Å². The maximum absolute atomic E-state index is 2.86. The zero-order chi connectivity index (χ0) is 47.8. The number of aromatic nitrogens is 2. The van der Waals surface area contributed by atoms with Gasteiger partial charge in [-0.1, -0.05) is 0 Å². The predicted molar refractivity (Wildman–Crippen MR) is 305 cm³/mol. The van der Waals surface area contributed by atoms with Crippen molar-refractivity contribution in [2.45, 2.75) is 127 Å². The summed E-state index contributed by atoms with van der Waals surface area (Å²) in [5, 5.41) is 1.45. The molecular formula is C68H62BN3Se. The standard InChI is InChI=1S/C68H62BN3Se/c1-4-20-44(21-5-1)68(45-22-6-2-7-23-45)55-40-46(70-59-31-15-10-25-50(59)51-26-11-16-32-60(51)70)36-38-57(55)69-58-39-37-47(71-61-33-17-12-27-52(61)53-28-13-18-34-62(53)71)42-65(58)73-66-43-48(41-56(68)67(66)69)72-63-30-9-3-8-24-49(63)54-29-14-19-35-64(54)72/h1-2,4-7,12,14,17,19-23,27,29,33,35-43,49,63H,3,8-11,13,15-16,18,24-26,28,30-32,34H2. The van der Waals surface area contributed by atoms with Crippen LogP contribution in [0.5, 0.6) is 0 Å². The summed E-state index contributed by atoms with van der Waals surface area (Å²) >= 11 is 0.0624. The Labute approximate surface area is 437 Å². The summed E-state index contributed by atoms with van der Waals surface area (Å²) in [5.74, 6) is 0.560. The molecule has 2 unspecified atom stereocenters. The molecule has 3 nitrogen and oxygen atoms in total. The van der Waals surface area contributed by atoms with Gasteiger partial charge in [0, 0.05) is 0 Å². The summed E-state index contributed by atoms with van der Waals surface area (Å²) in [6.07, 6.45) is 21.4. The van der Waals surface area contributed by atoms with Crippen LogP contribution in [0, 0.1) is 0 Å². The van der Waals surface area contributed by atoms with Crippen LogP contribution in [-0.2, 0) is 43.9 Å². The van der Waals surface area contributed by atoms with E-state index in [9.17, 15) is 0 Å². The molecule has 0 saturated heterocycles. The molecule has 9 aromatic rings. The molecule has 0 spiro atoms. The first-order chi connectivity index (χ1) is 36.2. The number of hydrogen-bond acceptors (Lipinski definition) is 1. The molecule has 2 aromatic heterocycles. The number of fused-ring (bicyclic) bond motifs is 13. The summed E-state index contributed by atoms with van der Waals surface area (Å²) in [6.45, 7) is 0.114. The number of nitrogens with zero attached hydrogens (tertiary/aromatic N) is 3. The maximum atomic E-state index is 2.86. The van der Waals surface area contributed by atoms with Crippen molar-refractivity contribution in [3.63, 3.8) is 0 Å². The second-order valence-electron chi connectivity index (χ2n) is 22.7. The molecule has 7 aliphatic rings. The molecule has 73 heavy (non-hydrogen) atoms. The predicted octanol–water partition coefficient (Wildman–Crippen LogP) is 11.8. The van der Waals surface area contributed by atoms with Crippen LogP contribution < -0.4 is 30.2 Å². The van der Waals surface area contributed by atoms with E-state index < -0.39 is 5.41 Å². The van der Waals surface area contributed by atoms with Crippen molar-refractivity contribution >= 4 is 69.3 Å². The third-order valence-corrected chi connectivity index (χ3v) is 21.5. The van der Waals surface area contributed by atoms with Gasteiger partial charge in [0.1, 0.15) is 0 Å². The Morgan fingerprint density at radius 1 is 0.452 bits per heavy atom. The molecule has 0 N–H and O–H groups in total. The Morgan fingerprint density at radius 3 is 1.79 bits per heavy atom. The van der Waals surface area contributed by atoms with Crippen LogP contribution in [0.4, 0.5) is 11.4 Å². The average molecular weight is 1010 g/mol. The van der Waals surface area contributed by atoms with Gasteiger partial charge in [0.05, 0.1) is 0 Å². The summed E-state index contributed by atoms with van der Waals surface area (Å²) in [5.41, 5.74) is 27.8. The van der Waals surface area contributed by atoms with Gasteiger partial charge in [-0.25, -0.2) is 0 Å². The van der Waals surface area contributed by atoms with Gasteiger partial charge in [-0.15, -0.1) is 0 Å². The quantitative estimate of drug-likeness (QED) is 0.157. The van der Waals surface area contributed by atoms with Crippen LogP contribution in [0.1, 0.15) is 138 Å². The molecule has 4 aliphatic carbocycles. The van der Waals surface area contributed by atoms with Gasteiger partial charge in [0.15, 0.2) is 0 Å². The molecule has 0 radical (unpaired) electrons. The fraction of sp³-hybridized carbons (Fsp3) is 0.294. The molecule has 2 atom stereocenters. The Hall–Kier alpha value is -6.26. The number of benzene rings is 7. The van der Waals surface area contributed by atoms with Crippen LogP contribution >= 0.6 is 0 Å². The average Bonchev–Trinajstić information content (AvgIpc) is 4.01. The van der Waals surface area contributed by atoms with E-state index in [-0.39, 0.29) is 21.7 Å².